The number of benzene rings is 2. The van der Waals surface area contributed by atoms with Gasteiger partial charge in [-0.2, -0.15) is 10.4 Å². The first-order chi connectivity index (χ1) is 15.5. The zero-order valence-electron chi connectivity index (χ0n) is 18.5. The molecule has 2 heterocycles. The Bertz CT molecular complexity index is 1110. The van der Waals surface area contributed by atoms with E-state index in [4.69, 9.17) is 4.74 Å². The molecule has 1 aliphatic heterocycles. The van der Waals surface area contributed by atoms with Gasteiger partial charge in [-0.25, -0.2) is 0 Å². The fourth-order valence-corrected chi connectivity index (χ4v) is 3.97. The predicted molar refractivity (Wildman–Crippen MR) is 124 cm³/mol. The van der Waals surface area contributed by atoms with Crippen molar-refractivity contribution in [1.29, 1.82) is 5.26 Å². The van der Waals surface area contributed by atoms with Gasteiger partial charge in [0.1, 0.15) is 12.1 Å². The van der Waals surface area contributed by atoms with Crippen LogP contribution < -0.4 is 10.6 Å². The van der Waals surface area contributed by atoms with Gasteiger partial charge in [0, 0.05) is 31.0 Å². The number of fused-ring (bicyclic) bond motifs is 1. The van der Waals surface area contributed by atoms with Crippen LogP contribution in [0, 0.1) is 11.3 Å². The molecule has 1 aromatic heterocycles. The minimum absolute atomic E-state index is 0.238. The second kappa shape index (κ2) is 9.94. The Kier molecular flexibility index (Phi) is 6.84. The summed E-state index contributed by atoms with van der Waals surface area (Å²) in [7, 11) is 0. The van der Waals surface area contributed by atoms with Gasteiger partial charge in [0.05, 0.1) is 17.8 Å². The molecule has 1 amide bonds. The van der Waals surface area contributed by atoms with E-state index in [9.17, 15) is 10.1 Å². The van der Waals surface area contributed by atoms with Crippen LogP contribution in [0.15, 0.2) is 48.7 Å². The maximum absolute atomic E-state index is 12.5. The number of amides is 1. The lowest BCUT2D eigenvalue weighted by molar-refractivity contribution is -0.132. The topological polar surface area (TPSA) is 92.0 Å². The Hall–Kier alpha value is -3.21. The third-order valence-corrected chi connectivity index (χ3v) is 5.73. The fourth-order valence-electron chi connectivity index (χ4n) is 3.97. The molecule has 1 fully saturated rings. The van der Waals surface area contributed by atoms with Crippen molar-refractivity contribution in [2.45, 2.75) is 44.9 Å². The first kappa shape index (κ1) is 22.0. The lowest BCUT2D eigenvalue weighted by atomic mass is 10.00. The van der Waals surface area contributed by atoms with E-state index in [0.717, 1.165) is 40.6 Å². The molecule has 3 aromatic rings. The zero-order chi connectivity index (χ0) is 22.5. The van der Waals surface area contributed by atoms with E-state index in [1.165, 1.54) is 0 Å². The molecule has 7 nitrogen and oxygen atoms in total. The van der Waals surface area contributed by atoms with E-state index in [1.54, 1.807) is 0 Å². The number of nitriles is 1. The smallest absolute Gasteiger partial charge is 0.251 e. The number of ether oxygens (including phenoxy) is 1. The van der Waals surface area contributed by atoms with Crippen LogP contribution in [-0.4, -0.2) is 47.5 Å². The van der Waals surface area contributed by atoms with Crippen molar-refractivity contribution in [3.05, 3.63) is 54.2 Å². The van der Waals surface area contributed by atoms with Crippen molar-refractivity contribution in [2.24, 2.45) is 0 Å². The summed E-state index contributed by atoms with van der Waals surface area (Å²) in [6, 6.07) is 16.4. The summed E-state index contributed by atoms with van der Waals surface area (Å²) in [4.78, 5) is 12.5. The predicted octanol–water partition coefficient (Wildman–Crippen LogP) is 3.21. The monoisotopic (exact) mass is 431 g/mol. The zero-order valence-corrected chi connectivity index (χ0v) is 18.5. The Labute approximate surface area is 188 Å². The molecule has 1 saturated heterocycles. The molecule has 2 aromatic carbocycles. The lowest BCUT2D eigenvalue weighted by Crippen LogP contribution is -2.46. The van der Waals surface area contributed by atoms with E-state index in [2.05, 4.69) is 66.0 Å². The number of hydrogen-bond acceptors (Lipinski definition) is 5. The van der Waals surface area contributed by atoms with Crippen LogP contribution in [0.1, 0.15) is 31.9 Å². The third kappa shape index (κ3) is 4.98. The largest absolute Gasteiger partial charge is 0.367 e. The molecule has 7 heteroatoms. The van der Waals surface area contributed by atoms with Crippen molar-refractivity contribution < 1.29 is 9.53 Å². The molecule has 2 N–H and O–H groups in total. The van der Waals surface area contributed by atoms with Gasteiger partial charge in [0.15, 0.2) is 0 Å². The Balaban J connectivity index is 1.44. The molecular weight excluding hydrogens is 402 g/mol. The maximum atomic E-state index is 12.5. The molecule has 1 aliphatic rings. The van der Waals surface area contributed by atoms with Crippen LogP contribution in [0.2, 0.25) is 0 Å². The van der Waals surface area contributed by atoms with Crippen molar-refractivity contribution in [3.63, 3.8) is 0 Å². The van der Waals surface area contributed by atoms with Gasteiger partial charge < -0.3 is 15.4 Å². The summed E-state index contributed by atoms with van der Waals surface area (Å²) in [6.45, 7) is 6.10. The molecular formula is C25H29N5O2. The van der Waals surface area contributed by atoms with E-state index >= 15 is 0 Å². The van der Waals surface area contributed by atoms with Gasteiger partial charge >= 0.3 is 0 Å². The SMILES string of the molecule is CC(C)n1ncc2ccc(-c3ccc(C[C@H](C#N)NC(=O)[C@@H]4CNCCCO4)cc3)cc21. The molecule has 0 spiro atoms. The van der Waals surface area contributed by atoms with Gasteiger partial charge in [0.2, 0.25) is 0 Å². The Morgan fingerprint density at radius 3 is 2.81 bits per heavy atom. The maximum Gasteiger partial charge on any atom is 0.251 e. The number of carbonyl (C=O) groups excluding carboxylic acids is 1. The number of aromatic nitrogens is 2. The summed E-state index contributed by atoms with van der Waals surface area (Å²) in [5.41, 5.74) is 4.33. The average molecular weight is 432 g/mol. The van der Waals surface area contributed by atoms with Gasteiger partial charge in [-0.15, -0.1) is 0 Å². The van der Waals surface area contributed by atoms with E-state index < -0.39 is 12.1 Å². The molecule has 32 heavy (non-hydrogen) atoms. The average Bonchev–Trinajstić information content (AvgIpc) is 3.04. The lowest BCUT2D eigenvalue weighted by Gasteiger charge is -2.18. The molecule has 0 unspecified atom stereocenters. The van der Waals surface area contributed by atoms with Crippen molar-refractivity contribution >= 4 is 16.8 Å². The summed E-state index contributed by atoms with van der Waals surface area (Å²) >= 11 is 0. The number of hydrogen-bond donors (Lipinski definition) is 2. The quantitative estimate of drug-likeness (QED) is 0.625. The molecule has 0 saturated carbocycles. The number of nitrogens with zero attached hydrogens (tertiary/aromatic N) is 3. The molecule has 0 radical (unpaired) electrons. The highest BCUT2D eigenvalue weighted by molar-refractivity contribution is 5.84. The molecule has 4 rings (SSSR count). The third-order valence-electron chi connectivity index (χ3n) is 5.73. The summed E-state index contributed by atoms with van der Waals surface area (Å²) < 4.78 is 7.61. The summed E-state index contributed by atoms with van der Waals surface area (Å²) in [5, 5.41) is 21.2. The second-order valence-corrected chi connectivity index (χ2v) is 8.46. The van der Waals surface area contributed by atoms with Crippen LogP contribution in [0.3, 0.4) is 0 Å². The highest BCUT2D eigenvalue weighted by Crippen LogP contribution is 2.26. The van der Waals surface area contributed by atoms with E-state index in [1.807, 2.05) is 23.0 Å². The summed E-state index contributed by atoms with van der Waals surface area (Å²) in [5.74, 6) is -0.238. The van der Waals surface area contributed by atoms with Crippen molar-refractivity contribution in [2.75, 3.05) is 19.7 Å². The minimum Gasteiger partial charge on any atom is -0.367 e. The van der Waals surface area contributed by atoms with Crippen molar-refractivity contribution in [3.8, 4) is 17.2 Å². The normalized spacial score (nSPS) is 17.6. The molecule has 2 atom stereocenters. The molecule has 0 bridgehead atoms. The van der Waals surface area contributed by atoms with Crippen LogP contribution in [0.5, 0.6) is 0 Å². The minimum atomic E-state index is -0.600. The number of rotatable bonds is 6. The Morgan fingerprint density at radius 1 is 1.28 bits per heavy atom. The van der Waals surface area contributed by atoms with Crippen LogP contribution in [0.4, 0.5) is 0 Å². The first-order valence-electron chi connectivity index (χ1n) is 11.1. The van der Waals surface area contributed by atoms with Gasteiger partial charge in [-0.3, -0.25) is 9.48 Å². The van der Waals surface area contributed by atoms with Gasteiger partial charge in [-0.1, -0.05) is 36.4 Å². The van der Waals surface area contributed by atoms with Crippen molar-refractivity contribution in [1.82, 2.24) is 20.4 Å². The van der Waals surface area contributed by atoms with Crippen LogP contribution in [-0.2, 0) is 16.0 Å². The fraction of sp³-hybridized carbons (Fsp3) is 0.400. The number of carbonyl (C=O) groups is 1. The van der Waals surface area contributed by atoms with Crippen LogP contribution >= 0.6 is 0 Å². The van der Waals surface area contributed by atoms with Gasteiger partial charge in [-0.05, 0) is 49.6 Å². The highest BCUT2D eigenvalue weighted by atomic mass is 16.5. The first-order valence-corrected chi connectivity index (χ1v) is 11.1. The van der Waals surface area contributed by atoms with Gasteiger partial charge in [0.25, 0.3) is 5.91 Å². The highest BCUT2D eigenvalue weighted by Gasteiger charge is 2.23. The molecule has 0 aliphatic carbocycles. The van der Waals surface area contributed by atoms with E-state index in [-0.39, 0.29) is 5.91 Å². The van der Waals surface area contributed by atoms with Crippen LogP contribution in [0.25, 0.3) is 22.0 Å². The second-order valence-electron chi connectivity index (χ2n) is 8.46. The standard InChI is InChI=1S/C25H29N5O2/c1-17(2)30-23-13-20(8-9-21(23)15-28-30)19-6-4-18(5-7-19)12-22(14-26)29-25(31)24-16-27-10-3-11-32-24/h4-9,13,15,17,22,24,27H,3,10-12,16H2,1-2H3,(H,29,31)/t22-,24+/m1/s1. The van der Waals surface area contributed by atoms with E-state index in [0.29, 0.717) is 25.6 Å². The Morgan fingerprint density at radius 2 is 2.06 bits per heavy atom. The number of nitrogens with one attached hydrogen (secondary N) is 2. The summed E-state index contributed by atoms with van der Waals surface area (Å²) in [6.07, 6.45) is 2.67. The molecule has 166 valence electrons.